The van der Waals surface area contributed by atoms with Gasteiger partial charge >= 0.3 is 0 Å². The summed E-state index contributed by atoms with van der Waals surface area (Å²) in [5, 5.41) is 0.297. The van der Waals surface area contributed by atoms with E-state index in [1.54, 1.807) is 35.2 Å². The fourth-order valence-electron chi connectivity index (χ4n) is 3.71. The van der Waals surface area contributed by atoms with Gasteiger partial charge < -0.3 is 9.47 Å². The second-order valence-corrected chi connectivity index (χ2v) is 10.0. The van der Waals surface area contributed by atoms with E-state index in [2.05, 4.69) is 0 Å². The van der Waals surface area contributed by atoms with E-state index in [0.717, 1.165) is 22.4 Å². The molecule has 1 fully saturated rings. The normalized spacial score (nSPS) is 14.7. The molecule has 1 heterocycles. The van der Waals surface area contributed by atoms with Gasteiger partial charge in [-0.15, -0.1) is 0 Å². The summed E-state index contributed by atoms with van der Waals surface area (Å²) < 4.78 is 26.2. The quantitative estimate of drug-likeness (QED) is 0.235. The van der Waals surface area contributed by atoms with Gasteiger partial charge in [0.1, 0.15) is 12.4 Å². The number of amides is 1. The number of carbonyl (C=O) groups is 1. The van der Waals surface area contributed by atoms with Crippen molar-refractivity contribution in [3.8, 4) is 11.5 Å². The Morgan fingerprint density at radius 3 is 2.60 bits per heavy atom. The number of rotatable bonds is 7. The van der Waals surface area contributed by atoms with Crippen LogP contribution in [0.15, 0.2) is 59.5 Å². The van der Waals surface area contributed by atoms with E-state index < -0.39 is 5.82 Å². The Morgan fingerprint density at radius 2 is 1.89 bits per heavy atom. The van der Waals surface area contributed by atoms with Gasteiger partial charge in [-0.3, -0.25) is 9.69 Å². The standard InChI is InChI=1S/C27H23ClFNO3S2/c1-4-32-24-13-18(9-11-23(24)33-15-19-20(28)6-5-7-21(19)29)14-25-26(31)30(27(34)35-25)22-10-8-16(2)12-17(22)3/h5-14H,4,15H2,1-3H3. The number of thioether (sulfide) groups is 1. The summed E-state index contributed by atoms with van der Waals surface area (Å²) in [4.78, 5) is 15.3. The third-order valence-electron chi connectivity index (χ3n) is 5.39. The maximum atomic E-state index is 14.1. The summed E-state index contributed by atoms with van der Waals surface area (Å²) in [5.41, 5.74) is 3.92. The first-order valence-corrected chi connectivity index (χ1v) is 12.6. The average Bonchev–Trinajstić information content (AvgIpc) is 3.08. The van der Waals surface area contributed by atoms with Gasteiger partial charge in [0.15, 0.2) is 15.8 Å². The molecule has 3 aromatic carbocycles. The van der Waals surface area contributed by atoms with E-state index in [1.165, 1.54) is 17.8 Å². The van der Waals surface area contributed by atoms with E-state index in [9.17, 15) is 9.18 Å². The lowest BCUT2D eigenvalue weighted by molar-refractivity contribution is -0.113. The van der Waals surface area contributed by atoms with Crippen LogP contribution in [0.2, 0.25) is 5.02 Å². The maximum absolute atomic E-state index is 14.1. The van der Waals surface area contributed by atoms with E-state index in [0.29, 0.717) is 32.4 Å². The highest BCUT2D eigenvalue weighted by atomic mass is 35.5. The van der Waals surface area contributed by atoms with Gasteiger partial charge in [-0.25, -0.2) is 4.39 Å². The molecule has 1 saturated heterocycles. The van der Waals surface area contributed by atoms with E-state index in [1.807, 2.05) is 45.0 Å². The summed E-state index contributed by atoms with van der Waals surface area (Å²) in [6, 6.07) is 15.7. The predicted molar refractivity (Wildman–Crippen MR) is 145 cm³/mol. The molecule has 180 valence electrons. The van der Waals surface area contributed by atoms with Crippen LogP contribution in [0.1, 0.15) is 29.2 Å². The minimum Gasteiger partial charge on any atom is -0.490 e. The highest BCUT2D eigenvalue weighted by Crippen LogP contribution is 2.38. The molecule has 0 aliphatic carbocycles. The van der Waals surface area contributed by atoms with Gasteiger partial charge in [0.2, 0.25) is 0 Å². The molecule has 0 aromatic heterocycles. The number of anilines is 1. The molecular weight excluding hydrogens is 505 g/mol. The lowest BCUT2D eigenvalue weighted by Crippen LogP contribution is -2.28. The Bertz CT molecular complexity index is 1320. The third kappa shape index (κ3) is 5.53. The number of carbonyl (C=O) groups excluding carboxylic acids is 1. The third-order valence-corrected chi connectivity index (χ3v) is 7.04. The van der Waals surface area contributed by atoms with Crippen LogP contribution in [0.25, 0.3) is 6.08 Å². The summed E-state index contributed by atoms with van der Waals surface area (Å²) in [7, 11) is 0. The number of thiocarbonyl (C=S) groups is 1. The monoisotopic (exact) mass is 527 g/mol. The smallest absolute Gasteiger partial charge is 0.270 e. The van der Waals surface area contributed by atoms with Crippen molar-refractivity contribution in [1.29, 1.82) is 0 Å². The molecule has 0 radical (unpaired) electrons. The molecule has 0 saturated carbocycles. The van der Waals surface area contributed by atoms with Crippen molar-refractivity contribution < 1.29 is 18.7 Å². The summed E-state index contributed by atoms with van der Waals surface area (Å²) in [6.45, 7) is 6.20. The lowest BCUT2D eigenvalue weighted by atomic mass is 10.1. The van der Waals surface area contributed by atoms with Crippen LogP contribution in [0.4, 0.5) is 10.1 Å². The molecule has 4 rings (SSSR count). The summed E-state index contributed by atoms with van der Waals surface area (Å²) in [5.74, 6) is 0.335. The Kier molecular flexibility index (Phi) is 7.79. The largest absolute Gasteiger partial charge is 0.490 e. The molecule has 0 bridgehead atoms. The molecule has 4 nitrogen and oxygen atoms in total. The molecule has 0 unspecified atom stereocenters. The Morgan fingerprint density at radius 1 is 1.09 bits per heavy atom. The van der Waals surface area contributed by atoms with Crippen LogP contribution < -0.4 is 14.4 Å². The van der Waals surface area contributed by atoms with Crippen LogP contribution in [-0.4, -0.2) is 16.8 Å². The van der Waals surface area contributed by atoms with Crippen LogP contribution in [-0.2, 0) is 11.4 Å². The Labute approximate surface area is 218 Å². The van der Waals surface area contributed by atoms with Crippen LogP contribution in [0.3, 0.4) is 0 Å². The first-order valence-electron chi connectivity index (χ1n) is 11.0. The molecule has 0 spiro atoms. The number of ether oxygens (including phenoxy) is 2. The Balaban J connectivity index is 1.58. The zero-order valence-corrected chi connectivity index (χ0v) is 21.8. The van der Waals surface area contributed by atoms with Crippen LogP contribution in [0.5, 0.6) is 11.5 Å². The molecule has 3 aromatic rings. The number of hydrogen-bond acceptors (Lipinski definition) is 5. The molecule has 1 aliphatic rings. The van der Waals surface area contributed by atoms with Gasteiger partial charge in [-0.1, -0.05) is 65.4 Å². The van der Waals surface area contributed by atoms with Crippen molar-refractivity contribution in [2.45, 2.75) is 27.4 Å². The molecule has 1 amide bonds. The maximum Gasteiger partial charge on any atom is 0.270 e. The molecule has 1 aliphatic heterocycles. The van der Waals surface area contributed by atoms with E-state index in [-0.39, 0.29) is 18.1 Å². The second-order valence-electron chi connectivity index (χ2n) is 7.94. The summed E-state index contributed by atoms with van der Waals surface area (Å²) in [6.07, 6.45) is 1.78. The molecule has 35 heavy (non-hydrogen) atoms. The van der Waals surface area contributed by atoms with Crippen molar-refractivity contribution in [1.82, 2.24) is 0 Å². The van der Waals surface area contributed by atoms with Crippen molar-refractivity contribution >= 4 is 57.6 Å². The van der Waals surface area contributed by atoms with Gasteiger partial charge in [-0.05, 0) is 68.3 Å². The topological polar surface area (TPSA) is 38.8 Å². The van der Waals surface area contributed by atoms with Gasteiger partial charge in [0, 0.05) is 5.56 Å². The number of nitrogens with zero attached hydrogens (tertiary/aromatic N) is 1. The average molecular weight is 528 g/mol. The van der Waals surface area contributed by atoms with Gasteiger partial charge in [0.25, 0.3) is 5.91 Å². The lowest BCUT2D eigenvalue weighted by Gasteiger charge is -2.17. The van der Waals surface area contributed by atoms with E-state index in [4.69, 9.17) is 33.3 Å². The molecule has 0 atom stereocenters. The minimum absolute atomic E-state index is 0.0422. The van der Waals surface area contributed by atoms with Crippen molar-refractivity contribution in [3.05, 3.63) is 92.6 Å². The number of aryl methyl sites for hydroxylation is 2. The van der Waals surface area contributed by atoms with Crippen LogP contribution >= 0.6 is 35.6 Å². The molecule has 0 N–H and O–H groups in total. The highest BCUT2D eigenvalue weighted by molar-refractivity contribution is 8.27. The van der Waals surface area contributed by atoms with Gasteiger partial charge in [0.05, 0.1) is 22.2 Å². The predicted octanol–water partition coefficient (Wildman–Crippen LogP) is 7.48. The number of hydrogen-bond donors (Lipinski definition) is 0. The second kappa shape index (κ2) is 10.8. The van der Waals surface area contributed by atoms with Crippen molar-refractivity contribution in [3.63, 3.8) is 0 Å². The highest BCUT2D eigenvalue weighted by Gasteiger charge is 2.34. The fourth-order valence-corrected chi connectivity index (χ4v) is 5.21. The SMILES string of the molecule is CCOc1cc(C=C2SC(=S)N(c3ccc(C)cc3C)C2=O)ccc1OCc1c(F)cccc1Cl. The first-order chi connectivity index (χ1) is 16.8. The number of benzene rings is 3. The van der Waals surface area contributed by atoms with E-state index >= 15 is 0 Å². The fraction of sp³-hybridized carbons (Fsp3) is 0.185. The van der Waals surface area contributed by atoms with Gasteiger partial charge in [-0.2, -0.15) is 0 Å². The Hall–Kier alpha value is -2.87. The van der Waals surface area contributed by atoms with Crippen LogP contribution in [0, 0.1) is 19.7 Å². The number of halogens is 2. The minimum atomic E-state index is -0.432. The summed E-state index contributed by atoms with van der Waals surface area (Å²) >= 11 is 12.9. The van der Waals surface area contributed by atoms with Crippen molar-refractivity contribution in [2.75, 3.05) is 11.5 Å². The molecular formula is C27H23ClFNO3S2. The zero-order valence-electron chi connectivity index (χ0n) is 19.4. The molecule has 8 heteroatoms. The zero-order chi connectivity index (χ0) is 25.1. The van der Waals surface area contributed by atoms with Crippen molar-refractivity contribution in [2.24, 2.45) is 0 Å². The first kappa shape index (κ1) is 25.2.